The maximum Gasteiger partial charge on any atom is 0.0234 e. The maximum atomic E-state index is 3.47. The molecule has 1 fully saturated rings. The third-order valence-corrected chi connectivity index (χ3v) is 4.31. The highest BCUT2D eigenvalue weighted by Crippen LogP contribution is 2.10. The Kier molecular flexibility index (Phi) is 6.68. The summed E-state index contributed by atoms with van der Waals surface area (Å²) in [5, 5.41) is 3.47. The molecule has 1 aromatic rings. The molecule has 0 spiro atoms. The minimum atomic E-state index is 0.575. The van der Waals surface area contributed by atoms with Crippen LogP contribution in [0.3, 0.4) is 0 Å². The summed E-state index contributed by atoms with van der Waals surface area (Å²) in [4.78, 5) is 5.10. The molecule has 0 saturated carbocycles. The first-order valence-corrected chi connectivity index (χ1v) is 8.43. The number of rotatable bonds is 7. The average Bonchev–Trinajstić information content (AvgIpc) is 2.49. The van der Waals surface area contributed by atoms with E-state index in [0.717, 1.165) is 19.5 Å². The molecule has 0 aromatic heterocycles. The molecule has 1 aliphatic heterocycles. The Morgan fingerprint density at radius 2 is 1.52 bits per heavy atom. The van der Waals surface area contributed by atoms with Crippen LogP contribution in [0, 0.1) is 0 Å². The largest absolute Gasteiger partial charge is 0.314 e. The Balaban J connectivity index is 1.74. The van der Waals surface area contributed by atoms with Crippen LogP contribution in [0.4, 0.5) is 0 Å². The Bertz CT molecular complexity index is 391. The van der Waals surface area contributed by atoms with E-state index in [1.165, 1.54) is 43.9 Å². The molecule has 21 heavy (non-hydrogen) atoms. The first kappa shape index (κ1) is 16.5. The van der Waals surface area contributed by atoms with E-state index in [1.54, 1.807) is 0 Å². The smallest absolute Gasteiger partial charge is 0.0234 e. The minimum Gasteiger partial charge on any atom is -0.314 e. The van der Waals surface area contributed by atoms with Crippen LogP contribution < -0.4 is 5.32 Å². The van der Waals surface area contributed by atoms with E-state index < -0.39 is 0 Å². The summed E-state index contributed by atoms with van der Waals surface area (Å²) in [6.07, 6.45) is 1.12. The van der Waals surface area contributed by atoms with E-state index in [2.05, 4.69) is 60.2 Å². The van der Waals surface area contributed by atoms with Crippen LogP contribution in [0.5, 0.6) is 0 Å². The Morgan fingerprint density at radius 1 is 0.952 bits per heavy atom. The summed E-state index contributed by atoms with van der Waals surface area (Å²) in [6, 6.07) is 9.76. The third kappa shape index (κ3) is 5.77. The molecule has 3 heteroatoms. The van der Waals surface area contributed by atoms with Gasteiger partial charge in [0.15, 0.2) is 0 Å². The molecule has 0 unspecified atom stereocenters. The lowest BCUT2D eigenvalue weighted by Gasteiger charge is -2.34. The maximum absolute atomic E-state index is 3.47. The average molecular weight is 289 g/mol. The molecular weight excluding hydrogens is 258 g/mol. The van der Waals surface area contributed by atoms with Crippen molar-refractivity contribution in [3.63, 3.8) is 0 Å². The van der Waals surface area contributed by atoms with E-state index in [1.807, 2.05) is 0 Å². The minimum absolute atomic E-state index is 0.575. The third-order valence-electron chi connectivity index (χ3n) is 4.31. The van der Waals surface area contributed by atoms with Crippen molar-refractivity contribution in [2.45, 2.75) is 39.8 Å². The molecule has 1 aromatic carbocycles. The molecule has 0 radical (unpaired) electrons. The van der Waals surface area contributed by atoms with Gasteiger partial charge in [-0.05, 0) is 30.6 Å². The molecule has 0 atom stereocenters. The molecule has 0 amide bonds. The Labute approximate surface area is 130 Å². The second-order valence-corrected chi connectivity index (χ2v) is 6.39. The van der Waals surface area contributed by atoms with Gasteiger partial charge in [0.1, 0.15) is 0 Å². The summed E-state index contributed by atoms with van der Waals surface area (Å²) in [5.41, 5.74) is 2.88. The van der Waals surface area contributed by atoms with E-state index in [-0.39, 0.29) is 0 Å². The van der Waals surface area contributed by atoms with Crippen LogP contribution in [0.25, 0.3) is 0 Å². The van der Waals surface area contributed by atoms with Crippen LogP contribution in [-0.4, -0.2) is 55.1 Å². The molecule has 1 N–H and O–H groups in total. The highest BCUT2D eigenvalue weighted by atomic mass is 15.3. The van der Waals surface area contributed by atoms with Gasteiger partial charge in [0.05, 0.1) is 0 Å². The summed E-state index contributed by atoms with van der Waals surface area (Å²) in [5.74, 6) is 0. The number of nitrogens with one attached hydrogen (secondary N) is 1. The van der Waals surface area contributed by atoms with Gasteiger partial charge in [0, 0.05) is 38.8 Å². The summed E-state index contributed by atoms with van der Waals surface area (Å²) >= 11 is 0. The van der Waals surface area contributed by atoms with Crippen LogP contribution in [0.2, 0.25) is 0 Å². The second kappa shape index (κ2) is 8.52. The highest BCUT2D eigenvalue weighted by Gasteiger charge is 2.15. The predicted molar refractivity (Wildman–Crippen MR) is 90.7 cm³/mol. The molecule has 2 rings (SSSR count). The Hall–Kier alpha value is -0.900. The van der Waals surface area contributed by atoms with Crippen LogP contribution in [0.1, 0.15) is 31.9 Å². The number of piperazine rings is 1. The van der Waals surface area contributed by atoms with Crippen LogP contribution in [-0.2, 0) is 13.0 Å². The quantitative estimate of drug-likeness (QED) is 0.831. The molecule has 1 heterocycles. The zero-order valence-corrected chi connectivity index (χ0v) is 13.9. The SMILES string of the molecule is CCN1CCN(Cc2ccc(CCNC(C)C)cc2)CC1. The van der Waals surface area contributed by atoms with Gasteiger partial charge in [0.25, 0.3) is 0 Å². The number of hydrogen-bond acceptors (Lipinski definition) is 3. The summed E-state index contributed by atoms with van der Waals surface area (Å²) < 4.78 is 0. The van der Waals surface area contributed by atoms with Crippen LogP contribution >= 0.6 is 0 Å². The fourth-order valence-electron chi connectivity index (χ4n) is 2.84. The molecule has 0 bridgehead atoms. The molecule has 118 valence electrons. The molecule has 1 aliphatic rings. The molecule has 0 aliphatic carbocycles. The van der Waals surface area contributed by atoms with Gasteiger partial charge in [-0.25, -0.2) is 0 Å². The van der Waals surface area contributed by atoms with Crippen molar-refractivity contribution in [1.82, 2.24) is 15.1 Å². The fraction of sp³-hybridized carbons (Fsp3) is 0.667. The molecule has 3 nitrogen and oxygen atoms in total. The lowest BCUT2D eigenvalue weighted by Crippen LogP contribution is -2.45. The highest BCUT2D eigenvalue weighted by molar-refractivity contribution is 5.22. The van der Waals surface area contributed by atoms with Crippen LogP contribution in [0.15, 0.2) is 24.3 Å². The predicted octanol–water partition coefficient (Wildman–Crippen LogP) is 2.36. The van der Waals surface area contributed by atoms with Crippen molar-refractivity contribution < 1.29 is 0 Å². The van der Waals surface area contributed by atoms with E-state index in [4.69, 9.17) is 0 Å². The summed E-state index contributed by atoms with van der Waals surface area (Å²) in [6.45, 7) is 14.8. The van der Waals surface area contributed by atoms with Gasteiger partial charge >= 0.3 is 0 Å². The van der Waals surface area contributed by atoms with Crippen molar-refractivity contribution in [3.05, 3.63) is 35.4 Å². The number of likely N-dealkylation sites (N-methyl/N-ethyl adjacent to an activating group) is 1. The molecule has 1 saturated heterocycles. The fourth-order valence-corrected chi connectivity index (χ4v) is 2.84. The summed E-state index contributed by atoms with van der Waals surface area (Å²) in [7, 11) is 0. The van der Waals surface area contributed by atoms with Gasteiger partial charge < -0.3 is 10.2 Å². The van der Waals surface area contributed by atoms with Gasteiger partial charge in [-0.3, -0.25) is 4.90 Å². The Morgan fingerprint density at radius 3 is 2.10 bits per heavy atom. The van der Waals surface area contributed by atoms with E-state index >= 15 is 0 Å². The second-order valence-electron chi connectivity index (χ2n) is 6.39. The van der Waals surface area contributed by atoms with Gasteiger partial charge in [0.2, 0.25) is 0 Å². The molecular formula is C18H31N3. The van der Waals surface area contributed by atoms with E-state index in [0.29, 0.717) is 6.04 Å². The topological polar surface area (TPSA) is 18.5 Å². The zero-order valence-electron chi connectivity index (χ0n) is 13.9. The van der Waals surface area contributed by atoms with Crippen molar-refractivity contribution in [1.29, 1.82) is 0 Å². The zero-order chi connectivity index (χ0) is 15.1. The van der Waals surface area contributed by atoms with Crippen molar-refractivity contribution in [3.8, 4) is 0 Å². The first-order valence-electron chi connectivity index (χ1n) is 8.43. The van der Waals surface area contributed by atoms with E-state index in [9.17, 15) is 0 Å². The van der Waals surface area contributed by atoms with Gasteiger partial charge in [-0.1, -0.05) is 45.0 Å². The van der Waals surface area contributed by atoms with Gasteiger partial charge in [-0.2, -0.15) is 0 Å². The first-order chi connectivity index (χ1) is 10.2. The number of nitrogens with zero attached hydrogens (tertiary/aromatic N) is 2. The normalized spacial score (nSPS) is 17.5. The number of hydrogen-bond donors (Lipinski definition) is 1. The number of benzene rings is 1. The van der Waals surface area contributed by atoms with Gasteiger partial charge in [-0.15, -0.1) is 0 Å². The monoisotopic (exact) mass is 289 g/mol. The van der Waals surface area contributed by atoms with Crippen molar-refractivity contribution >= 4 is 0 Å². The van der Waals surface area contributed by atoms with Crippen molar-refractivity contribution in [2.75, 3.05) is 39.3 Å². The lowest BCUT2D eigenvalue weighted by atomic mass is 10.1. The lowest BCUT2D eigenvalue weighted by molar-refractivity contribution is 0.132. The van der Waals surface area contributed by atoms with Crippen molar-refractivity contribution in [2.24, 2.45) is 0 Å². The standard InChI is InChI=1S/C18H31N3/c1-4-20-11-13-21(14-12-20)15-18-7-5-17(6-8-18)9-10-19-16(2)3/h5-8,16,19H,4,9-15H2,1-3H3.